The average molecular weight is 437 g/mol. The number of anilines is 1. The van der Waals surface area contributed by atoms with Gasteiger partial charge in [0.2, 0.25) is 0 Å². The Balaban J connectivity index is 1.85. The summed E-state index contributed by atoms with van der Waals surface area (Å²) in [7, 11) is 0. The summed E-state index contributed by atoms with van der Waals surface area (Å²) in [4.78, 5) is 24.3. The fraction of sp³-hybridized carbons (Fsp3) is 0.158. The lowest BCUT2D eigenvalue weighted by Crippen LogP contribution is -2.24. The molecule has 3 rings (SSSR count). The van der Waals surface area contributed by atoms with E-state index in [4.69, 9.17) is 21.1 Å². The zero-order valence-corrected chi connectivity index (χ0v) is 16.3. The van der Waals surface area contributed by atoms with Crippen LogP contribution >= 0.6 is 27.5 Å². The predicted molar refractivity (Wildman–Crippen MR) is 102 cm³/mol. The number of carbonyl (C=O) groups excluding carboxylic acids is 2. The first kappa shape index (κ1) is 18.5. The Kier molecular flexibility index (Phi) is 5.34. The lowest BCUT2D eigenvalue weighted by atomic mass is 10.1. The van der Waals surface area contributed by atoms with Crippen LogP contribution in [0.15, 0.2) is 57.7 Å². The van der Waals surface area contributed by atoms with Gasteiger partial charge in [-0.15, -0.1) is 0 Å². The topological polar surface area (TPSA) is 64.6 Å². The van der Waals surface area contributed by atoms with Gasteiger partial charge in [-0.25, -0.2) is 9.59 Å². The molecule has 0 bridgehead atoms. The van der Waals surface area contributed by atoms with Crippen LogP contribution in [-0.2, 0) is 14.3 Å². The first-order chi connectivity index (χ1) is 12.4. The molecule has 2 aromatic carbocycles. The number of halogens is 2. The molecule has 0 aromatic heterocycles. The van der Waals surface area contributed by atoms with Crippen molar-refractivity contribution in [1.82, 2.24) is 0 Å². The fourth-order valence-electron chi connectivity index (χ4n) is 2.42. The maximum Gasteiger partial charge on any atom is 0.355 e. The van der Waals surface area contributed by atoms with Gasteiger partial charge in [0.15, 0.2) is 5.03 Å². The molecule has 7 heteroatoms. The van der Waals surface area contributed by atoms with Crippen molar-refractivity contribution < 1.29 is 19.1 Å². The maximum absolute atomic E-state index is 12.4. The number of nitrogens with one attached hydrogen (secondary N) is 1. The molecule has 0 unspecified atom stereocenters. The quantitative estimate of drug-likeness (QED) is 0.706. The van der Waals surface area contributed by atoms with Gasteiger partial charge in [-0.1, -0.05) is 35.9 Å². The van der Waals surface area contributed by atoms with Gasteiger partial charge in [0.25, 0.3) is 6.29 Å². The smallest absolute Gasteiger partial charge is 0.355 e. The highest BCUT2D eigenvalue weighted by molar-refractivity contribution is 9.10. The van der Waals surface area contributed by atoms with Crippen molar-refractivity contribution in [1.29, 1.82) is 0 Å². The molecule has 26 heavy (non-hydrogen) atoms. The van der Waals surface area contributed by atoms with Crippen LogP contribution in [0.4, 0.5) is 5.69 Å². The van der Waals surface area contributed by atoms with E-state index in [2.05, 4.69) is 21.2 Å². The normalized spacial score (nSPS) is 16.5. The highest BCUT2D eigenvalue weighted by Crippen LogP contribution is 2.30. The monoisotopic (exact) mass is 435 g/mol. The van der Waals surface area contributed by atoms with Crippen LogP contribution in [0.1, 0.15) is 21.5 Å². The van der Waals surface area contributed by atoms with Crippen LogP contribution in [0, 0.1) is 13.8 Å². The van der Waals surface area contributed by atoms with E-state index in [9.17, 15) is 9.59 Å². The SMILES string of the molecule is Cc1ccc(C)c(NC2=C(Cl)C(=O)O[C@@H]2OC(=O)c2ccccc2Br)c1. The molecule has 0 fully saturated rings. The number of esters is 2. The summed E-state index contributed by atoms with van der Waals surface area (Å²) in [5, 5.41) is 2.92. The summed E-state index contributed by atoms with van der Waals surface area (Å²) in [6, 6.07) is 12.6. The minimum absolute atomic E-state index is 0.143. The molecule has 0 aliphatic carbocycles. The van der Waals surface area contributed by atoms with Crippen LogP contribution in [0.3, 0.4) is 0 Å². The zero-order chi connectivity index (χ0) is 18.8. The van der Waals surface area contributed by atoms with Gasteiger partial charge in [-0.05, 0) is 59.1 Å². The van der Waals surface area contributed by atoms with Crippen molar-refractivity contribution >= 4 is 45.2 Å². The minimum Gasteiger partial charge on any atom is -0.415 e. The Hall–Kier alpha value is -2.31. The van der Waals surface area contributed by atoms with Crippen molar-refractivity contribution in [2.75, 3.05) is 5.32 Å². The minimum atomic E-state index is -1.24. The molecule has 0 saturated heterocycles. The maximum atomic E-state index is 12.4. The Labute approximate surface area is 164 Å². The largest absolute Gasteiger partial charge is 0.415 e. The lowest BCUT2D eigenvalue weighted by molar-refractivity contribution is -0.152. The first-order valence-corrected chi connectivity index (χ1v) is 8.94. The number of hydrogen-bond donors (Lipinski definition) is 1. The van der Waals surface area contributed by atoms with Gasteiger partial charge >= 0.3 is 11.9 Å². The number of ether oxygens (including phenoxy) is 2. The number of carbonyl (C=O) groups is 2. The summed E-state index contributed by atoms with van der Waals surface area (Å²) in [5.41, 5.74) is 3.24. The third-order valence-corrected chi connectivity index (χ3v) is 4.89. The molecule has 5 nitrogen and oxygen atoms in total. The van der Waals surface area contributed by atoms with Crippen molar-refractivity contribution in [2.45, 2.75) is 20.1 Å². The van der Waals surface area contributed by atoms with Crippen LogP contribution in [0.5, 0.6) is 0 Å². The number of cyclic esters (lactones) is 1. The number of aryl methyl sites for hydroxylation is 2. The second-order valence-electron chi connectivity index (χ2n) is 5.79. The van der Waals surface area contributed by atoms with Gasteiger partial charge in [0, 0.05) is 10.2 Å². The molecule has 2 aromatic rings. The first-order valence-electron chi connectivity index (χ1n) is 7.77. The predicted octanol–water partition coefficient (Wildman–Crippen LogP) is 4.67. The zero-order valence-electron chi connectivity index (χ0n) is 14.0. The molecule has 0 radical (unpaired) electrons. The van der Waals surface area contributed by atoms with E-state index in [1.54, 1.807) is 24.3 Å². The highest BCUT2D eigenvalue weighted by Gasteiger charge is 2.37. The molecular formula is C19H15BrClNO4. The molecule has 134 valence electrons. The summed E-state index contributed by atoms with van der Waals surface area (Å²) < 4.78 is 11.0. The van der Waals surface area contributed by atoms with E-state index < -0.39 is 18.2 Å². The number of rotatable bonds is 4. The Bertz CT molecular complexity index is 926. The van der Waals surface area contributed by atoms with Gasteiger partial charge < -0.3 is 14.8 Å². The molecule has 1 aliphatic rings. The van der Waals surface area contributed by atoms with Gasteiger partial charge in [-0.3, -0.25) is 0 Å². The third-order valence-electron chi connectivity index (χ3n) is 3.84. The van der Waals surface area contributed by atoms with Crippen molar-refractivity contribution in [2.24, 2.45) is 0 Å². The molecular weight excluding hydrogens is 422 g/mol. The van der Waals surface area contributed by atoms with E-state index in [0.29, 0.717) is 10.0 Å². The fourth-order valence-corrected chi connectivity index (χ4v) is 3.05. The molecule has 1 aliphatic heterocycles. The Morgan fingerprint density at radius 3 is 2.69 bits per heavy atom. The second-order valence-corrected chi connectivity index (χ2v) is 7.03. The molecule has 1 heterocycles. The number of benzene rings is 2. The summed E-state index contributed by atoms with van der Waals surface area (Å²) in [6.45, 7) is 3.86. The molecule has 0 saturated carbocycles. The van der Waals surface area contributed by atoms with Crippen LogP contribution in [-0.4, -0.2) is 18.2 Å². The van der Waals surface area contributed by atoms with E-state index >= 15 is 0 Å². The highest BCUT2D eigenvalue weighted by atomic mass is 79.9. The molecule has 0 spiro atoms. The van der Waals surface area contributed by atoms with Gasteiger partial charge in [0.1, 0.15) is 5.70 Å². The van der Waals surface area contributed by atoms with Crippen molar-refractivity contribution in [3.8, 4) is 0 Å². The van der Waals surface area contributed by atoms with Crippen LogP contribution < -0.4 is 5.32 Å². The molecule has 1 atom stereocenters. The average Bonchev–Trinajstić information content (AvgIpc) is 2.86. The van der Waals surface area contributed by atoms with Crippen molar-refractivity contribution in [3.05, 3.63) is 74.4 Å². The van der Waals surface area contributed by atoms with Gasteiger partial charge in [0.05, 0.1) is 5.56 Å². The lowest BCUT2D eigenvalue weighted by Gasteiger charge is -2.18. The second kappa shape index (κ2) is 7.51. The van der Waals surface area contributed by atoms with E-state index in [1.807, 2.05) is 32.0 Å². The van der Waals surface area contributed by atoms with E-state index in [-0.39, 0.29) is 10.7 Å². The van der Waals surface area contributed by atoms with Crippen LogP contribution in [0.25, 0.3) is 0 Å². The third kappa shape index (κ3) is 3.76. The standard InChI is InChI=1S/C19H15BrClNO4/c1-10-7-8-11(2)14(9-10)22-16-15(21)18(24)26-19(16)25-17(23)12-5-3-4-6-13(12)20/h3-9,19,22H,1-2H3/t19-/m0/s1. The summed E-state index contributed by atoms with van der Waals surface area (Å²) in [6.07, 6.45) is -1.24. The Morgan fingerprint density at radius 2 is 1.96 bits per heavy atom. The van der Waals surface area contributed by atoms with Crippen molar-refractivity contribution in [3.63, 3.8) is 0 Å². The molecule has 1 N–H and O–H groups in total. The Morgan fingerprint density at radius 1 is 1.23 bits per heavy atom. The van der Waals surface area contributed by atoms with E-state index in [1.165, 1.54) is 0 Å². The summed E-state index contributed by atoms with van der Waals surface area (Å²) in [5.74, 6) is -1.38. The van der Waals surface area contributed by atoms with Crippen LogP contribution in [0.2, 0.25) is 0 Å². The molecule has 0 amide bonds. The number of hydrogen-bond acceptors (Lipinski definition) is 5. The summed E-state index contributed by atoms with van der Waals surface area (Å²) >= 11 is 9.36. The van der Waals surface area contributed by atoms with Gasteiger partial charge in [-0.2, -0.15) is 0 Å². The van der Waals surface area contributed by atoms with E-state index in [0.717, 1.165) is 16.8 Å².